The van der Waals surface area contributed by atoms with Crippen LogP contribution >= 0.6 is 11.6 Å². The third-order valence-electron chi connectivity index (χ3n) is 3.90. The van der Waals surface area contributed by atoms with Crippen molar-refractivity contribution in [1.29, 1.82) is 0 Å². The molecule has 0 amide bonds. The van der Waals surface area contributed by atoms with Crippen LogP contribution in [0.15, 0.2) is 36.4 Å². The van der Waals surface area contributed by atoms with E-state index in [0.29, 0.717) is 5.56 Å². The second-order valence-electron chi connectivity index (χ2n) is 5.27. The van der Waals surface area contributed by atoms with Gasteiger partial charge in [-0.15, -0.1) is 11.6 Å². The van der Waals surface area contributed by atoms with Crippen LogP contribution in [0.5, 0.6) is 0 Å². The zero-order chi connectivity index (χ0) is 14.1. The lowest BCUT2D eigenvalue weighted by atomic mass is 9.89. The minimum Gasteiger partial charge on any atom is -0.204 e. The van der Waals surface area contributed by atoms with E-state index in [1.165, 1.54) is 36.1 Å². The highest BCUT2D eigenvalue weighted by Gasteiger charge is 2.16. The summed E-state index contributed by atoms with van der Waals surface area (Å²) in [6.07, 6.45) is 4.63. The largest absolute Gasteiger partial charge is 0.204 e. The lowest BCUT2D eigenvalue weighted by molar-refractivity contribution is 0.507. The van der Waals surface area contributed by atoms with Crippen molar-refractivity contribution in [3.05, 3.63) is 70.3 Å². The van der Waals surface area contributed by atoms with Crippen LogP contribution in [0.2, 0.25) is 0 Å². The highest BCUT2D eigenvalue weighted by molar-refractivity contribution is 6.22. The minimum absolute atomic E-state index is 0.447. The highest BCUT2D eigenvalue weighted by atomic mass is 35.5. The van der Waals surface area contributed by atoms with E-state index in [-0.39, 0.29) is 0 Å². The molecule has 1 aliphatic carbocycles. The first-order valence-corrected chi connectivity index (χ1v) is 7.29. The molecule has 0 saturated heterocycles. The van der Waals surface area contributed by atoms with Gasteiger partial charge < -0.3 is 0 Å². The molecule has 0 aliphatic heterocycles. The smallest absolute Gasteiger partial charge is 0.159 e. The molecule has 0 spiro atoms. The van der Waals surface area contributed by atoms with Crippen LogP contribution in [0.25, 0.3) is 0 Å². The fourth-order valence-electron chi connectivity index (χ4n) is 2.77. The topological polar surface area (TPSA) is 0 Å². The maximum atomic E-state index is 13.3. The quantitative estimate of drug-likeness (QED) is 0.670. The van der Waals surface area contributed by atoms with Crippen molar-refractivity contribution in [3.8, 4) is 0 Å². The van der Waals surface area contributed by atoms with Gasteiger partial charge in [0.1, 0.15) is 0 Å². The number of halogens is 3. The summed E-state index contributed by atoms with van der Waals surface area (Å²) in [5.41, 5.74) is 4.25. The molecule has 0 N–H and O–H groups in total. The molecule has 3 heteroatoms. The van der Waals surface area contributed by atoms with Crippen molar-refractivity contribution >= 4 is 11.6 Å². The number of aryl methyl sites for hydroxylation is 2. The molecule has 20 heavy (non-hydrogen) atoms. The number of alkyl halides is 1. The van der Waals surface area contributed by atoms with Gasteiger partial charge >= 0.3 is 0 Å². The molecule has 0 saturated carbocycles. The molecule has 2 aromatic carbocycles. The van der Waals surface area contributed by atoms with Crippen LogP contribution in [0.1, 0.15) is 40.5 Å². The van der Waals surface area contributed by atoms with Gasteiger partial charge in [-0.1, -0.05) is 24.3 Å². The second kappa shape index (κ2) is 5.53. The number of rotatable bonds is 2. The molecular formula is C17H15ClF2. The van der Waals surface area contributed by atoms with E-state index < -0.39 is 17.0 Å². The van der Waals surface area contributed by atoms with Crippen LogP contribution in [-0.2, 0) is 12.8 Å². The monoisotopic (exact) mass is 292 g/mol. The van der Waals surface area contributed by atoms with Gasteiger partial charge in [0, 0.05) is 0 Å². The summed E-state index contributed by atoms with van der Waals surface area (Å²) < 4.78 is 26.3. The summed E-state index contributed by atoms with van der Waals surface area (Å²) in [7, 11) is 0. The summed E-state index contributed by atoms with van der Waals surface area (Å²) in [6, 6.07) is 10.0. The Morgan fingerprint density at radius 1 is 0.800 bits per heavy atom. The van der Waals surface area contributed by atoms with E-state index in [1.807, 2.05) is 6.07 Å². The Balaban J connectivity index is 1.93. The van der Waals surface area contributed by atoms with Gasteiger partial charge in [-0.05, 0) is 60.1 Å². The van der Waals surface area contributed by atoms with Gasteiger partial charge in [0.25, 0.3) is 0 Å². The summed E-state index contributed by atoms with van der Waals surface area (Å²) in [5, 5.41) is -0.447. The van der Waals surface area contributed by atoms with Crippen molar-refractivity contribution < 1.29 is 8.78 Å². The first-order chi connectivity index (χ1) is 9.65. The van der Waals surface area contributed by atoms with Crippen molar-refractivity contribution in [1.82, 2.24) is 0 Å². The number of benzene rings is 2. The Morgan fingerprint density at radius 2 is 1.45 bits per heavy atom. The molecule has 0 nitrogen and oxygen atoms in total. The maximum Gasteiger partial charge on any atom is 0.159 e. The molecule has 2 aromatic rings. The first-order valence-electron chi connectivity index (χ1n) is 6.86. The third kappa shape index (κ3) is 2.57. The predicted molar refractivity (Wildman–Crippen MR) is 77.1 cm³/mol. The molecule has 1 atom stereocenters. The zero-order valence-corrected chi connectivity index (χ0v) is 11.8. The third-order valence-corrected chi connectivity index (χ3v) is 4.41. The fraction of sp³-hybridized carbons (Fsp3) is 0.294. The molecule has 0 fully saturated rings. The van der Waals surface area contributed by atoms with Crippen molar-refractivity contribution in [2.75, 3.05) is 0 Å². The Morgan fingerprint density at radius 3 is 2.20 bits per heavy atom. The lowest BCUT2D eigenvalue weighted by Gasteiger charge is -2.18. The maximum absolute atomic E-state index is 13.3. The molecule has 1 unspecified atom stereocenters. The number of hydrogen-bond acceptors (Lipinski definition) is 0. The van der Waals surface area contributed by atoms with Crippen LogP contribution < -0.4 is 0 Å². The van der Waals surface area contributed by atoms with Gasteiger partial charge in [0.05, 0.1) is 5.38 Å². The molecule has 104 valence electrons. The van der Waals surface area contributed by atoms with Gasteiger partial charge in [0.15, 0.2) is 11.6 Å². The predicted octanol–water partition coefficient (Wildman–Crippen LogP) is 5.17. The standard InChI is InChI=1S/C17H15ClF2/c18-17(14-7-8-15(19)16(20)10-14)13-6-5-11-3-1-2-4-12(11)9-13/h5-10,17H,1-4H2. The van der Waals surface area contributed by atoms with E-state index in [2.05, 4.69) is 12.1 Å². The Hall–Kier alpha value is -1.41. The van der Waals surface area contributed by atoms with Crippen molar-refractivity contribution in [2.24, 2.45) is 0 Å². The molecule has 0 heterocycles. The lowest BCUT2D eigenvalue weighted by Crippen LogP contribution is -2.04. The Kier molecular flexibility index (Phi) is 3.75. The number of hydrogen-bond donors (Lipinski definition) is 0. The molecule has 1 aliphatic rings. The Labute approximate surface area is 122 Å². The van der Waals surface area contributed by atoms with Gasteiger partial charge in [-0.2, -0.15) is 0 Å². The normalized spacial score (nSPS) is 15.8. The summed E-state index contributed by atoms with van der Waals surface area (Å²) in [6.45, 7) is 0. The number of fused-ring (bicyclic) bond motifs is 1. The van der Waals surface area contributed by atoms with Gasteiger partial charge in [0.2, 0.25) is 0 Å². The van der Waals surface area contributed by atoms with E-state index in [0.717, 1.165) is 24.5 Å². The van der Waals surface area contributed by atoms with Crippen molar-refractivity contribution in [2.45, 2.75) is 31.1 Å². The first kappa shape index (κ1) is 13.6. The average Bonchev–Trinajstić information content (AvgIpc) is 2.49. The van der Waals surface area contributed by atoms with Crippen molar-refractivity contribution in [3.63, 3.8) is 0 Å². The van der Waals surface area contributed by atoms with E-state index in [1.54, 1.807) is 0 Å². The average molecular weight is 293 g/mol. The highest BCUT2D eigenvalue weighted by Crippen LogP contribution is 2.32. The SMILES string of the molecule is Fc1ccc(C(Cl)c2ccc3c(c2)CCCC3)cc1F. The zero-order valence-electron chi connectivity index (χ0n) is 11.0. The summed E-state index contributed by atoms with van der Waals surface area (Å²) >= 11 is 6.41. The molecule has 0 bridgehead atoms. The molecule has 0 radical (unpaired) electrons. The summed E-state index contributed by atoms with van der Waals surface area (Å²) in [4.78, 5) is 0. The molecule has 0 aromatic heterocycles. The van der Waals surface area contributed by atoms with Gasteiger partial charge in [-0.3, -0.25) is 0 Å². The van der Waals surface area contributed by atoms with Gasteiger partial charge in [-0.25, -0.2) is 8.78 Å². The fourth-order valence-corrected chi connectivity index (χ4v) is 3.04. The van der Waals surface area contributed by atoms with Crippen LogP contribution in [0.3, 0.4) is 0 Å². The second-order valence-corrected chi connectivity index (χ2v) is 5.71. The Bertz CT molecular complexity index is 637. The van der Waals surface area contributed by atoms with E-state index in [4.69, 9.17) is 11.6 Å². The van der Waals surface area contributed by atoms with E-state index >= 15 is 0 Å². The van der Waals surface area contributed by atoms with Crippen LogP contribution in [0.4, 0.5) is 8.78 Å². The van der Waals surface area contributed by atoms with Crippen LogP contribution in [0, 0.1) is 11.6 Å². The molecular weight excluding hydrogens is 278 g/mol. The minimum atomic E-state index is -0.855. The van der Waals surface area contributed by atoms with E-state index in [9.17, 15) is 8.78 Å². The summed E-state index contributed by atoms with van der Waals surface area (Å²) in [5.74, 6) is -1.70. The van der Waals surface area contributed by atoms with Crippen LogP contribution in [-0.4, -0.2) is 0 Å². The molecule has 3 rings (SSSR count).